The van der Waals surface area contributed by atoms with Crippen LogP contribution in [0, 0.1) is 0 Å². The largest absolute Gasteiger partial charge is 0.459 e. The summed E-state index contributed by atoms with van der Waals surface area (Å²) in [4.78, 5) is 11.3. The minimum Gasteiger partial charge on any atom is -0.459 e. The number of carbonyl (C=O) groups is 1. The first-order valence-electron chi connectivity index (χ1n) is 4.32. The highest BCUT2D eigenvalue weighted by Gasteiger charge is 2.06. The number of hydrogen-bond donors (Lipinski definition) is 1. The minimum atomic E-state index is -0.792. The number of amides is 1. The molecule has 14 heavy (non-hydrogen) atoms. The molecule has 1 unspecified atom stereocenters. The van der Waals surface area contributed by atoms with Crippen LogP contribution in [0.3, 0.4) is 0 Å². The van der Waals surface area contributed by atoms with Crippen LogP contribution in [-0.2, 0) is 10.8 Å². The molecule has 0 aliphatic heterocycles. The average Bonchev–Trinajstić information content (AvgIpc) is 2.64. The van der Waals surface area contributed by atoms with Gasteiger partial charge in [0.25, 0.3) is 5.91 Å². The summed E-state index contributed by atoms with van der Waals surface area (Å²) in [5.41, 5.74) is 0. The van der Waals surface area contributed by atoms with Gasteiger partial charge >= 0.3 is 0 Å². The summed E-state index contributed by atoms with van der Waals surface area (Å²) >= 11 is 0. The monoisotopic (exact) mass is 215 g/mol. The molecular formula is C9H13NO3S. The van der Waals surface area contributed by atoms with E-state index in [0.29, 0.717) is 18.1 Å². The van der Waals surface area contributed by atoms with Crippen LogP contribution in [0.1, 0.15) is 17.0 Å². The van der Waals surface area contributed by atoms with Crippen molar-refractivity contribution >= 4 is 16.7 Å². The lowest BCUT2D eigenvalue weighted by Crippen LogP contribution is -2.24. The molecule has 0 aromatic carbocycles. The van der Waals surface area contributed by atoms with E-state index in [0.717, 1.165) is 6.42 Å². The predicted molar refractivity (Wildman–Crippen MR) is 54.6 cm³/mol. The van der Waals surface area contributed by atoms with Crippen molar-refractivity contribution in [2.45, 2.75) is 6.42 Å². The van der Waals surface area contributed by atoms with Crippen LogP contribution in [0.15, 0.2) is 22.8 Å². The third-order valence-electron chi connectivity index (χ3n) is 1.64. The van der Waals surface area contributed by atoms with E-state index in [-0.39, 0.29) is 5.91 Å². The number of furan rings is 1. The third kappa shape index (κ3) is 3.74. The maximum atomic E-state index is 11.3. The second-order valence-corrected chi connectivity index (χ2v) is 4.42. The van der Waals surface area contributed by atoms with E-state index in [1.807, 2.05) is 0 Å². The van der Waals surface area contributed by atoms with Crippen LogP contribution in [0.25, 0.3) is 0 Å². The van der Waals surface area contributed by atoms with Gasteiger partial charge in [-0.1, -0.05) is 0 Å². The summed E-state index contributed by atoms with van der Waals surface area (Å²) in [5.74, 6) is 0.692. The fourth-order valence-electron chi connectivity index (χ4n) is 0.972. The summed E-state index contributed by atoms with van der Waals surface area (Å²) in [6.07, 6.45) is 3.82. The molecule has 1 N–H and O–H groups in total. The molecule has 1 aromatic rings. The van der Waals surface area contributed by atoms with E-state index in [1.54, 1.807) is 18.4 Å². The molecule has 1 amide bonds. The fourth-order valence-corrected chi connectivity index (χ4v) is 1.52. The first-order chi connectivity index (χ1) is 6.70. The van der Waals surface area contributed by atoms with Crippen molar-refractivity contribution in [2.75, 3.05) is 18.6 Å². The van der Waals surface area contributed by atoms with Gasteiger partial charge in [0.2, 0.25) is 0 Å². The smallest absolute Gasteiger partial charge is 0.286 e. The standard InChI is InChI=1S/C9H13NO3S/c1-14(12)7-3-5-10-9(11)8-4-2-6-13-8/h2,4,6H,3,5,7H2,1H3,(H,10,11). The zero-order valence-corrected chi connectivity index (χ0v) is 8.80. The predicted octanol–water partition coefficient (Wildman–Crippen LogP) is 0.778. The second kappa shape index (κ2) is 5.59. The molecule has 0 bridgehead atoms. The van der Waals surface area contributed by atoms with E-state index < -0.39 is 10.8 Å². The van der Waals surface area contributed by atoms with Crippen LogP contribution >= 0.6 is 0 Å². The minimum absolute atomic E-state index is 0.225. The normalized spacial score (nSPS) is 12.4. The van der Waals surface area contributed by atoms with Crippen molar-refractivity contribution in [3.05, 3.63) is 24.2 Å². The molecular weight excluding hydrogens is 202 g/mol. The molecule has 0 saturated carbocycles. The maximum Gasteiger partial charge on any atom is 0.286 e. The van der Waals surface area contributed by atoms with E-state index in [1.165, 1.54) is 6.26 Å². The van der Waals surface area contributed by atoms with Crippen LogP contribution in [0.5, 0.6) is 0 Å². The van der Waals surface area contributed by atoms with Gasteiger partial charge in [-0.15, -0.1) is 0 Å². The molecule has 1 heterocycles. The molecule has 78 valence electrons. The van der Waals surface area contributed by atoms with Crippen LogP contribution in [-0.4, -0.2) is 28.7 Å². The quantitative estimate of drug-likeness (QED) is 0.738. The summed E-state index contributed by atoms with van der Waals surface area (Å²) in [7, 11) is -0.792. The summed E-state index contributed by atoms with van der Waals surface area (Å²) in [5, 5.41) is 2.67. The number of hydrogen-bond acceptors (Lipinski definition) is 3. The second-order valence-electron chi connectivity index (χ2n) is 2.86. The van der Waals surface area contributed by atoms with Crippen molar-refractivity contribution in [3.8, 4) is 0 Å². The molecule has 1 aromatic heterocycles. The summed E-state index contributed by atoms with van der Waals surface area (Å²) < 4.78 is 15.6. The van der Waals surface area contributed by atoms with Crippen molar-refractivity contribution in [1.82, 2.24) is 5.32 Å². The van der Waals surface area contributed by atoms with E-state index in [9.17, 15) is 9.00 Å². The summed E-state index contributed by atoms with van der Waals surface area (Å²) in [6.45, 7) is 0.527. The Kier molecular flexibility index (Phi) is 4.39. The molecule has 1 atom stereocenters. The molecule has 0 aliphatic carbocycles. The van der Waals surface area contributed by atoms with Gasteiger partial charge < -0.3 is 9.73 Å². The molecule has 4 nitrogen and oxygen atoms in total. The van der Waals surface area contributed by atoms with Gasteiger partial charge in [0.15, 0.2) is 5.76 Å². The Hall–Kier alpha value is -1.10. The van der Waals surface area contributed by atoms with Crippen molar-refractivity contribution in [1.29, 1.82) is 0 Å². The maximum absolute atomic E-state index is 11.3. The highest BCUT2D eigenvalue weighted by Crippen LogP contribution is 1.98. The SMILES string of the molecule is CS(=O)CCCNC(=O)c1ccco1. The van der Waals surface area contributed by atoms with Gasteiger partial charge in [0.05, 0.1) is 6.26 Å². The van der Waals surface area contributed by atoms with Crippen LogP contribution in [0.2, 0.25) is 0 Å². The third-order valence-corrected chi connectivity index (χ3v) is 2.50. The first kappa shape index (κ1) is 11.0. The molecule has 0 aliphatic rings. The highest BCUT2D eigenvalue weighted by molar-refractivity contribution is 7.84. The summed E-state index contributed by atoms with van der Waals surface area (Å²) in [6, 6.07) is 3.27. The fraction of sp³-hybridized carbons (Fsp3) is 0.444. The molecule has 1 rings (SSSR count). The lowest BCUT2D eigenvalue weighted by atomic mass is 10.4. The Morgan fingerprint density at radius 2 is 2.43 bits per heavy atom. The van der Waals surface area contributed by atoms with E-state index >= 15 is 0 Å². The average molecular weight is 215 g/mol. The highest BCUT2D eigenvalue weighted by atomic mass is 32.2. The van der Waals surface area contributed by atoms with Gasteiger partial charge in [-0.3, -0.25) is 9.00 Å². The lowest BCUT2D eigenvalue weighted by Gasteiger charge is -2.01. The van der Waals surface area contributed by atoms with Crippen molar-refractivity contribution < 1.29 is 13.4 Å². The Morgan fingerprint density at radius 1 is 1.64 bits per heavy atom. The van der Waals surface area contributed by atoms with Gasteiger partial charge in [-0.05, 0) is 18.6 Å². The number of rotatable bonds is 5. The molecule has 0 radical (unpaired) electrons. The van der Waals surface area contributed by atoms with E-state index in [4.69, 9.17) is 4.42 Å². The lowest BCUT2D eigenvalue weighted by molar-refractivity contribution is 0.0926. The Balaban J connectivity index is 2.19. The van der Waals surface area contributed by atoms with Gasteiger partial charge in [-0.25, -0.2) is 0 Å². The number of nitrogens with one attached hydrogen (secondary N) is 1. The van der Waals surface area contributed by atoms with Gasteiger partial charge in [0.1, 0.15) is 0 Å². The van der Waals surface area contributed by atoms with Crippen LogP contribution in [0.4, 0.5) is 0 Å². The topological polar surface area (TPSA) is 59.3 Å². The zero-order valence-electron chi connectivity index (χ0n) is 7.99. The Labute approximate surface area is 85.1 Å². The Morgan fingerprint density at radius 3 is 3.00 bits per heavy atom. The van der Waals surface area contributed by atoms with Crippen LogP contribution < -0.4 is 5.32 Å². The first-order valence-corrected chi connectivity index (χ1v) is 6.04. The van der Waals surface area contributed by atoms with Crippen molar-refractivity contribution in [3.63, 3.8) is 0 Å². The zero-order chi connectivity index (χ0) is 10.4. The van der Waals surface area contributed by atoms with Crippen molar-refractivity contribution in [2.24, 2.45) is 0 Å². The molecule has 0 spiro atoms. The molecule has 5 heteroatoms. The molecule has 0 saturated heterocycles. The number of carbonyl (C=O) groups excluding carboxylic acids is 1. The Bertz CT molecular complexity index is 308. The van der Waals surface area contributed by atoms with E-state index in [2.05, 4.69) is 5.32 Å². The molecule has 0 fully saturated rings. The van der Waals surface area contributed by atoms with Gasteiger partial charge in [0, 0.05) is 29.4 Å². The van der Waals surface area contributed by atoms with Gasteiger partial charge in [-0.2, -0.15) is 0 Å².